The molecule has 7 nitrogen and oxygen atoms in total. The van der Waals surface area contributed by atoms with E-state index >= 15 is 0 Å². The molecule has 1 aliphatic heterocycles. The lowest BCUT2D eigenvalue weighted by atomic mass is 9.93. The normalized spacial score (nSPS) is 18.6. The zero-order valence-corrected chi connectivity index (χ0v) is 20.2. The van der Waals surface area contributed by atoms with Crippen LogP contribution in [-0.4, -0.2) is 47.6 Å². The fraction of sp³-hybridized carbons (Fsp3) is 0.370. The highest BCUT2D eigenvalue weighted by atomic mass is 19.4. The van der Waals surface area contributed by atoms with Crippen molar-refractivity contribution in [1.29, 1.82) is 0 Å². The summed E-state index contributed by atoms with van der Waals surface area (Å²) in [6.07, 6.45) is -3.08. The summed E-state index contributed by atoms with van der Waals surface area (Å²) in [5, 5.41) is 2.69. The Hall–Kier alpha value is -4.07. The predicted octanol–water partition coefficient (Wildman–Crippen LogP) is 3.16. The molecular formula is C27H25F4N3O4. The van der Waals surface area contributed by atoms with E-state index in [0.717, 1.165) is 0 Å². The van der Waals surface area contributed by atoms with Crippen molar-refractivity contribution in [3.05, 3.63) is 65.5 Å². The smallest absolute Gasteiger partial charge is 0.406 e. The highest BCUT2D eigenvalue weighted by Crippen LogP contribution is 2.50. The van der Waals surface area contributed by atoms with Crippen LogP contribution < -0.4 is 15.8 Å². The van der Waals surface area contributed by atoms with E-state index in [2.05, 4.69) is 21.9 Å². The Morgan fingerprint density at radius 2 is 1.76 bits per heavy atom. The van der Waals surface area contributed by atoms with Gasteiger partial charge in [-0.25, -0.2) is 4.39 Å². The lowest BCUT2D eigenvalue weighted by Gasteiger charge is -2.29. The second kappa shape index (κ2) is 10.7. The molecule has 1 heterocycles. The lowest BCUT2D eigenvalue weighted by molar-refractivity contribution is -0.274. The average Bonchev–Trinajstić information content (AvgIpc) is 3.51. The predicted molar refractivity (Wildman–Crippen MR) is 128 cm³/mol. The quantitative estimate of drug-likeness (QED) is 0.423. The number of hydrogen-bond acceptors (Lipinski definition) is 4. The first-order valence-electron chi connectivity index (χ1n) is 12.0. The number of halogens is 4. The number of nitrogens with one attached hydrogen (secondary N) is 1. The van der Waals surface area contributed by atoms with Crippen LogP contribution in [0.1, 0.15) is 43.2 Å². The van der Waals surface area contributed by atoms with Crippen molar-refractivity contribution in [3.8, 4) is 17.6 Å². The molecule has 2 fully saturated rings. The minimum Gasteiger partial charge on any atom is -0.406 e. The molecule has 0 radical (unpaired) electrons. The Bertz CT molecular complexity index is 1260. The summed E-state index contributed by atoms with van der Waals surface area (Å²) >= 11 is 0. The monoisotopic (exact) mass is 531 g/mol. The summed E-state index contributed by atoms with van der Waals surface area (Å²) in [7, 11) is 0. The molecule has 0 bridgehead atoms. The number of amides is 3. The van der Waals surface area contributed by atoms with Gasteiger partial charge in [-0.3, -0.25) is 14.4 Å². The van der Waals surface area contributed by atoms with E-state index in [9.17, 15) is 31.9 Å². The molecule has 4 rings (SSSR count). The number of primary amides is 1. The van der Waals surface area contributed by atoms with E-state index in [1.807, 2.05) is 0 Å². The van der Waals surface area contributed by atoms with Crippen LogP contribution in [0.2, 0.25) is 0 Å². The minimum atomic E-state index is -4.82. The van der Waals surface area contributed by atoms with E-state index in [0.29, 0.717) is 43.4 Å². The molecule has 0 aromatic heterocycles. The highest BCUT2D eigenvalue weighted by molar-refractivity contribution is 5.96. The zero-order chi connectivity index (χ0) is 27.5. The van der Waals surface area contributed by atoms with Crippen molar-refractivity contribution < 1.29 is 36.7 Å². The summed E-state index contributed by atoms with van der Waals surface area (Å²) in [5.41, 5.74) is 5.45. The SMILES string of the molecule is NC(=O)C[C@@H](C#Cc1ccc(F)cc1)NC(=O)[C@@H]1CCCN1C(=O)C1(c2ccc(OC(F)(F)F)cc2)CC1. The fourth-order valence-electron chi connectivity index (χ4n) is 4.59. The van der Waals surface area contributed by atoms with Crippen molar-refractivity contribution in [1.82, 2.24) is 10.2 Å². The van der Waals surface area contributed by atoms with Crippen LogP contribution in [-0.2, 0) is 19.8 Å². The third-order valence-corrected chi connectivity index (χ3v) is 6.57. The van der Waals surface area contributed by atoms with Crippen LogP contribution in [0, 0.1) is 17.7 Å². The summed E-state index contributed by atoms with van der Waals surface area (Å²) in [6, 6.07) is 8.87. The van der Waals surface area contributed by atoms with Crippen LogP contribution >= 0.6 is 0 Å². The number of carbonyl (C=O) groups is 3. The first-order valence-corrected chi connectivity index (χ1v) is 12.0. The van der Waals surface area contributed by atoms with Crippen LogP contribution in [0.15, 0.2) is 48.5 Å². The molecule has 3 amide bonds. The molecule has 2 aromatic carbocycles. The van der Waals surface area contributed by atoms with Gasteiger partial charge in [0, 0.05) is 12.1 Å². The van der Waals surface area contributed by atoms with Gasteiger partial charge in [0.1, 0.15) is 17.6 Å². The van der Waals surface area contributed by atoms with Gasteiger partial charge in [-0.05, 0) is 67.6 Å². The number of rotatable bonds is 7. The highest BCUT2D eigenvalue weighted by Gasteiger charge is 2.55. The van der Waals surface area contributed by atoms with Crippen molar-refractivity contribution in [3.63, 3.8) is 0 Å². The van der Waals surface area contributed by atoms with Gasteiger partial charge in [-0.2, -0.15) is 0 Å². The van der Waals surface area contributed by atoms with Gasteiger partial charge in [0.2, 0.25) is 17.7 Å². The Morgan fingerprint density at radius 3 is 2.34 bits per heavy atom. The number of hydrogen-bond donors (Lipinski definition) is 2. The van der Waals surface area contributed by atoms with Gasteiger partial charge in [-0.1, -0.05) is 24.0 Å². The van der Waals surface area contributed by atoms with E-state index in [4.69, 9.17) is 5.73 Å². The summed E-state index contributed by atoms with van der Waals surface area (Å²) in [6.45, 7) is 0.343. The van der Waals surface area contributed by atoms with Crippen molar-refractivity contribution in [2.24, 2.45) is 5.73 Å². The van der Waals surface area contributed by atoms with Crippen LogP contribution in [0.4, 0.5) is 17.6 Å². The molecule has 3 N–H and O–H groups in total. The zero-order valence-electron chi connectivity index (χ0n) is 20.2. The molecule has 1 saturated carbocycles. The maximum Gasteiger partial charge on any atom is 0.573 e. The third-order valence-electron chi connectivity index (χ3n) is 6.57. The number of likely N-dealkylation sites (tertiary alicyclic amines) is 1. The molecular weight excluding hydrogens is 506 g/mol. The molecule has 2 aliphatic rings. The molecule has 0 unspecified atom stereocenters. The Balaban J connectivity index is 1.46. The van der Waals surface area contributed by atoms with Gasteiger partial charge in [0.15, 0.2) is 0 Å². The van der Waals surface area contributed by atoms with Crippen molar-refractivity contribution in [2.45, 2.75) is 56.0 Å². The van der Waals surface area contributed by atoms with Gasteiger partial charge >= 0.3 is 6.36 Å². The van der Waals surface area contributed by atoms with E-state index in [1.54, 1.807) is 0 Å². The summed E-state index contributed by atoms with van der Waals surface area (Å²) in [4.78, 5) is 39.8. The molecule has 200 valence electrons. The molecule has 1 aliphatic carbocycles. The Morgan fingerprint density at radius 1 is 1.11 bits per heavy atom. The standard InChI is InChI=1S/C27H25F4N3O4/c28-19-8-3-17(4-9-19)5-10-20(16-23(32)35)33-24(36)22-2-1-15-34(22)25(37)26(13-14-26)18-6-11-21(12-7-18)38-27(29,30)31/h3-4,6-9,11-12,20,22H,1-2,13-16H2,(H2,32,35)(H,33,36)/t20-,22+/m1/s1. The molecule has 38 heavy (non-hydrogen) atoms. The van der Waals surface area contributed by atoms with Crippen LogP contribution in [0.5, 0.6) is 5.75 Å². The fourth-order valence-corrected chi connectivity index (χ4v) is 4.59. The van der Waals surface area contributed by atoms with Crippen LogP contribution in [0.3, 0.4) is 0 Å². The molecule has 0 spiro atoms. The van der Waals surface area contributed by atoms with Gasteiger partial charge in [0.05, 0.1) is 17.9 Å². The second-order valence-electron chi connectivity index (χ2n) is 9.32. The molecule has 2 atom stereocenters. The van der Waals surface area contributed by atoms with E-state index in [1.165, 1.54) is 53.4 Å². The average molecular weight is 532 g/mol. The first-order chi connectivity index (χ1) is 18.0. The van der Waals surface area contributed by atoms with Gasteiger partial charge in [0.25, 0.3) is 0 Å². The Labute approximate surface area is 216 Å². The van der Waals surface area contributed by atoms with Crippen molar-refractivity contribution >= 4 is 17.7 Å². The maximum absolute atomic E-state index is 13.6. The topological polar surface area (TPSA) is 102 Å². The molecule has 1 saturated heterocycles. The van der Waals surface area contributed by atoms with E-state index in [-0.39, 0.29) is 18.1 Å². The Kier molecular flexibility index (Phi) is 7.62. The number of carbonyl (C=O) groups excluding carboxylic acids is 3. The number of benzene rings is 2. The van der Waals surface area contributed by atoms with Crippen molar-refractivity contribution in [2.75, 3.05) is 6.54 Å². The second-order valence-corrected chi connectivity index (χ2v) is 9.32. The lowest BCUT2D eigenvalue weighted by Crippen LogP contribution is -2.51. The number of ether oxygens (including phenoxy) is 1. The minimum absolute atomic E-state index is 0.253. The first kappa shape index (κ1) is 27.0. The van der Waals surface area contributed by atoms with Gasteiger partial charge in [-0.15, -0.1) is 13.2 Å². The molecule has 11 heteroatoms. The summed E-state index contributed by atoms with van der Waals surface area (Å²) < 4.78 is 54.5. The number of nitrogens with two attached hydrogens (primary N) is 1. The maximum atomic E-state index is 13.6. The molecule has 2 aromatic rings. The van der Waals surface area contributed by atoms with Crippen LogP contribution in [0.25, 0.3) is 0 Å². The largest absolute Gasteiger partial charge is 0.573 e. The van der Waals surface area contributed by atoms with Gasteiger partial charge < -0.3 is 20.7 Å². The van der Waals surface area contributed by atoms with E-state index < -0.39 is 41.5 Å². The third kappa shape index (κ3) is 6.43. The summed E-state index contributed by atoms with van der Waals surface area (Å²) in [5.74, 6) is 3.30. The number of nitrogens with zero attached hydrogens (tertiary/aromatic N) is 1. The number of alkyl halides is 3.